The van der Waals surface area contributed by atoms with E-state index in [9.17, 15) is 0 Å². The maximum Gasteiger partial charge on any atom is 0.125 e. The van der Waals surface area contributed by atoms with Crippen molar-refractivity contribution < 1.29 is 0 Å². The van der Waals surface area contributed by atoms with Crippen LogP contribution < -0.4 is 5.73 Å². The first-order chi connectivity index (χ1) is 7.74. The molecular weight excluding hydrogens is 198 g/mol. The van der Waals surface area contributed by atoms with Crippen molar-refractivity contribution in [3.63, 3.8) is 0 Å². The second-order valence-electron chi connectivity index (χ2n) is 4.43. The maximum absolute atomic E-state index is 6.35. The van der Waals surface area contributed by atoms with E-state index in [4.69, 9.17) is 5.73 Å². The Morgan fingerprint density at radius 2 is 1.88 bits per heavy atom. The van der Waals surface area contributed by atoms with Gasteiger partial charge in [0.2, 0.25) is 0 Å². The average molecular weight is 223 g/mol. The molecule has 0 saturated carbocycles. The van der Waals surface area contributed by atoms with E-state index in [0.717, 1.165) is 12.4 Å². The van der Waals surface area contributed by atoms with Crippen LogP contribution in [0.1, 0.15) is 58.3 Å². The standard InChI is InChI=1S/C13H25N3/c1-4-7-11(8-5-2)12(14)13-15-9-10-16(13)6-3/h9-12H,4-8,14H2,1-3H3. The number of nitrogens with two attached hydrogens (primary N) is 1. The molecule has 0 aliphatic carbocycles. The van der Waals surface area contributed by atoms with Gasteiger partial charge in [0.05, 0.1) is 6.04 Å². The Bertz CT molecular complexity index is 287. The molecule has 3 heteroatoms. The van der Waals surface area contributed by atoms with Crippen molar-refractivity contribution in [2.75, 3.05) is 0 Å². The van der Waals surface area contributed by atoms with Gasteiger partial charge in [0, 0.05) is 18.9 Å². The summed E-state index contributed by atoms with van der Waals surface area (Å²) in [5.41, 5.74) is 6.35. The number of rotatable bonds is 7. The zero-order valence-corrected chi connectivity index (χ0v) is 10.8. The minimum absolute atomic E-state index is 0.0925. The minimum atomic E-state index is 0.0925. The number of nitrogens with zero attached hydrogens (tertiary/aromatic N) is 2. The van der Waals surface area contributed by atoms with Gasteiger partial charge in [-0.25, -0.2) is 4.98 Å². The highest BCUT2D eigenvalue weighted by Gasteiger charge is 2.21. The molecule has 2 N–H and O–H groups in total. The number of aromatic nitrogens is 2. The Labute approximate surface area is 99.1 Å². The van der Waals surface area contributed by atoms with Crippen LogP contribution in [0.4, 0.5) is 0 Å². The summed E-state index contributed by atoms with van der Waals surface area (Å²) < 4.78 is 2.16. The first kappa shape index (κ1) is 13.2. The molecule has 1 aromatic rings. The van der Waals surface area contributed by atoms with Crippen LogP contribution in [-0.2, 0) is 6.54 Å². The topological polar surface area (TPSA) is 43.8 Å². The molecule has 16 heavy (non-hydrogen) atoms. The third-order valence-corrected chi connectivity index (χ3v) is 3.21. The lowest BCUT2D eigenvalue weighted by Gasteiger charge is -2.23. The third-order valence-electron chi connectivity index (χ3n) is 3.21. The largest absolute Gasteiger partial charge is 0.334 e. The predicted molar refractivity (Wildman–Crippen MR) is 68.1 cm³/mol. The van der Waals surface area contributed by atoms with Crippen molar-refractivity contribution in [2.24, 2.45) is 11.7 Å². The van der Waals surface area contributed by atoms with Crippen LogP contribution in [0.3, 0.4) is 0 Å². The van der Waals surface area contributed by atoms with Gasteiger partial charge in [0.15, 0.2) is 0 Å². The van der Waals surface area contributed by atoms with Gasteiger partial charge in [-0.05, 0) is 25.7 Å². The molecule has 0 aromatic carbocycles. The van der Waals surface area contributed by atoms with Crippen LogP contribution in [0.5, 0.6) is 0 Å². The molecule has 0 aliphatic rings. The molecule has 1 rings (SSSR count). The first-order valence-electron chi connectivity index (χ1n) is 6.51. The summed E-state index contributed by atoms with van der Waals surface area (Å²) in [4.78, 5) is 4.41. The molecule has 0 bridgehead atoms. The molecule has 1 unspecified atom stereocenters. The van der Waals surface area contributed by atoms with Crippen LogP contribution >= 0.6 is 0 Å². The molecule has 0 saturated heterocycles. The van der Waals surface area contributed by atoms with E-state index >= 15 is 0 Å². The molecule has 0 fully saturated rings. The van der Waals surface area contributed by atoms with Gasteiger partial charge in [0.1, 0.15) is 5.82 Å². The van der Waals surface area contributed by atoms with Crippen molar-refractivity contribution in [3.8, 4) is 0 Å². The summed E-state index contributed by atoms with van der Waals surface area (Å²) >= 11 is 0. The van der Waals surface area contributed by atoms with Crippen molar-refractivity contribution in [1.29, 1.82) is 0 Å². The van der Waals surface area contributed by atoms with Crippen LogP contribution in [0.2, 0.25) is 0 Å². The van der Waals surface area contributed by atoms with Crippen molar-refractivity contribution in [1.82, 2.24) is 9.55 Å². The summed E-state index contributed by atoms with van der Waals surface area (Å²) in [5.74, 6) is 1.62. The molecule has 0 spiro atoms. The number of aryl methyl sites for hydroxylation is 1. The van der Waals surface area contributed by atoms with Crippen LogP contribution in [0, 0.1) is 5.92 Å². The van der Waals surface area contributed by atoms with Crippen LogP contribution in [0.15, 0.2) is 12.4 Å². The van der Waals surface area contributed by atoms with Gasteiger partial charge in [-0.3, -0.25) is 0 Å². The zero-order chi connectivity index (χ0) is 12.0. The number of imidazole rings is 1. The van der Waals surface area contributed by atoms with E-state index in [1.165, 1.54) is 25.7 Å². The maximum atomic E-state index is 6.35. The number of hydrogen-bond acceptors (Lipinski definition) is 2. The second kappa shape index (κ2) is 6.69. The van der Waals surface area contributed by atoms with Gasteiger partial charge in [-0.2, -0.15) is 0 Å². The molecular formula is C13H25N3. The van der Waals surface area contributed by atoms with E-state index in [0.29, 0.717) is 5.92 Å². The van der Waals surface area contributed by atoms with Gasteiger partial charge in [0.25, 0.3) is 0 Å². The van der Waals surface area contributed by atoms with Crippen LogP contribution in [-0.4, -0.2) is 9.55 Å². The van der Waals surface area contributed by atoms with E-state index in [1.54, 1.807) is 0 Å². The normalized spacial score (nSPS) is 13.3. The second-order valence-corrected chi connectivity index (χ2v) is 4.43. The van der Waals surface area contributed by atoms with Crippen molar-refractivity contribution in [2.45, 2.75) is 59.0 Å². The zero-order valence-electron chi connectivity index (χ0n) is 10.8. The average Bonchev–Trinajstić information content (AvgIpc) is 2.75. The molecule has 0 radical (unpaired) electrons. The minimum Gasteiger partial charge on any atom is -0.334 e. The smallest absolute Gasteiger partial charge is 0.125 e. The Kier molecular flexibility index (Phi) is 5.53. The van der Waals surface area contributed by atoms with Crippen molar-refractivity contribution >= 4 is 0 Å². The first-order valence-corrected chi connectivity index (χ1v) is 6.51. The fourth-order valence-corrected chi connectivity index (χ4v) is 2.34. The third kappa shape index (κ3) is 3.08. The van der Waals surface area contributed by atoms with Gasteiger partial charge >= 0.3 is 0 Å². The highest BCUT2D eigenvalue weighted by atomic mass is 15.1. The Morgan fingerprint density at radius 1 is 1.25 bits per heavy atom. The molecule has 0 aliphatic heterocycles. The lowest BCUT2D eigenvalue weighted by molar-refractivity contribution is 0.350. The molecule has 0 amide bonds. The molecule has 3 nitrogen and oxygen atoms in total. The van der Waals surface area contributed by atoms with Crippen molar-refractivity contribution in [3.05, 3.63) is 18.2 Å². The van der Waals surface area contributed by atoms with Gasteiger partial charge in [-0.15, -0.1) is 0 Å². The van der Waals surface area contributed by atoms with Crippen LogP contribution in [0.25, 0.3) is 0 Å². The van der Waals surface area contributed by atoms with Gasteiger partial charge in [-0.1, -0.05) is 26.7 Å². The number of hydrogen-bond donors (Lipinski definition) is 1. The predicted octanol–water partition coefficient (Wildman–Crippen LogP) is 3.12. The van der Waals surface area contributed by atoms with E-state index in [1.807, 2.05) is 12.4 Å². The fraction of sp³-hybridized carbons (Fsp3) is 0.769. The molecule has 1 atom stereocenters. The van der Waals surface area contributed by atoms with E-state index in [2.05, 4.69) is 30.3 Å². The lowest BCUT2D eigenvalue weighted by atomic mass is 9.90. The highest BCUT2D eigenvalue weighted by Crippen LogP contribution is 2.26. The van der Waals surface area contributed by atoms with Gasteiger partial charge < -0.3 is 10.3 Å². The summed E-state index contributed by atoms with van der Waals surface area (Å²) in [6, 6.07) is 0.0925. The molecule has 1 aromatic heterocycles. The SMILES string of the molecule is CCCC(CCC)C(N)c1nccn1CC. The Balaban J connectivity index is 2.76. The summed E-state index contributed by atoms with van der Waals surface area (Å²) in [6.07, 6.45) is 8.67. The lowest BCUT2D eigenvalue weighted by Crippen LogP contribution is -2.25. The summed E-state index contributed by atoms with van der Waals surface area (Å²) in [7, 11) is 0. The Morgan fingerprint density at radius 3 is 2.38 bits per heavy atom. The fourth-order valence-electron chi connectivity index (χ4n) is 2.34. The van der Waals surface area contributed by atoms with E-state index < -0.39 is 0 Å². The monoisotopic (exact) mass is 223 g/mol. The summed E-state index contributed by atoms with van der Waals surface area (Å²) in [5, 5.41) is 0. The molecule has 92 valence electrons. The van der Waals surface area contributed by atoms with E-state index in [-0.39, 0.29) is 6.04 Å². The quantitative estimate of drug-likeness (QED) is 0.772. The Hall–Kier alpha value is -0.830. The summed E-state index contributed by atoms with van der Waals surface area (Å²) in [6.45, 7) is 7.53. The molecule has 1 heterocycles. The highest BCUT2D eigenvalue weighted by molar-refractivity contribution is 5.00.